The standard InChI is InChI=1S/C15H14N4O2/c1-2-14-17-12-8-10(15(20)21)5-6-13(12)19(14)9-11-4-3-7-16-18-11/h3-8H,2,9H2,1H3,(H,20,21). The Morgan fingerprint density at radius 2 is 2.19 bits per heavy atom. The number of nitrogens with zero attached hydrogens (tertiary/aromatic N) is 4. The second-order valence-electron chi connectivity index (χ2n) is 4.69. The van der Waals surface area contributed by atoms with E-state index in [2.05, 4.69) is 15.2 Å². The van der Waals surface area contributed by atoms with E-state index in [4.69, 9.17) is 5.11 Å². The Hall–Kier alpha value is -2.76. The summed E-state index contributed by atoms with van der Waals surface area (Å²) in [6, 6.07) is 8.74. The molecule has 0 unspecified atom stereocenters. The number of imidazole rings is 1. The van der Waals surface area contributed by atoms with Gasteiger partial charge in [0.25, 0.3) is 0 Å². The molecule has 21 heavy (non-hydrogen) atoms. The first-order valence-electron chi connectivity index (χ1n) is 6.68. The Labute approximate surface area is 121 Å². The SMILES string of the molecule is CCc1nc2cc(C(=O)O)ccc2n1Cc1cccnn1. The fourth-order valence-corrected chi connectivity index (χ4v) is 2.34. The lowest BCUT2D eigenvalue weighted by atomic mass is 10.2. The molecule has 0 radical (unpaired) electrons. The van der Waals surface area contributed by atoms with Gasteiger partial charge in [-0.25, -0.2) is 9.78 Å². The lowest BCUT2D eigenvalue weighted by molar-refractivity contribution is 0.0697. The van der Waals surface area contributed by atoms with E-state index >= 15 is 0 Å². The maximum atomic E-state index is 11.0. The van der Waals surface area contributed by atoms with Gasteiger partial charge in [-0.2, -0.15) is 10.2 Å². The average molecular weight is 282 g/mol. The van der Waals surface area contributed by atoms with Gasteiger partial charge in [0.05, 0.1) is 28.8 Å². The van der Waals surface area contributed by atoms with E-state index in [0.29, 0.717) is 12.1 Å². The molecule has 0 amide bonds. The van der Waals surface area contributed by atoms with Crippen molar-refractivity contribution in [1.82, 2.24) is 19.7 Å². The molecule has 0 aliphatic heterocycles. The van der Waals surface area contributed by atoms with Gasteiger partial charge in [-0.15, -0.1) is 0 Å². The fraction of sp³-hybridized carbons (Fsp3) is 0.200. The Balaban J connectivity index is 2.10. The van der Waals surface area contributed by atoms with Gasteiger partial charge in [-0.1, -0.05) is 6.92 Å². The zero-order valence-electron chi connectivity index (χ0n) is 11.5. The minimum Gasteiger partial charge on any atom is -0.478 e. The van der Waals surface area contributed by atoms with Crippen LogP contribution in [0.3, 0.4) is 0 Å². The third-order valence-corrected chi connectivity index (χ3v) is 3.34. The monoisotopic (exact) mass is 282 g/mol. The molecule has 0 bridgehead atoms. The van der Waals surface area contributed by atoms with Crippen LogP contribution in [0, 0.1) is 0 Å². The molecular formula is C15H14N4O2. The van der Waals surface area contributed by atoms with Crippen LogP contribution in [-0.2, 0) is 13.0 Å². The smallest absolute Gasteiger partial charge is 0.335 e. The number of aryl methyl sites for hydroxylation is 1. The number of aromatic nitrogens is 4. The van der Waals surface area contributed by atoms with Gasteiger partial charge in [0.1, 0.15) is 5.82 Å². The topological polar surface area (TPSA) is 80.9 Å². The third-order valence-electron chi connectivity index (χ3n) is 3.34. The highest BCUT2D eigenvalue weighted by molar-refractivity contribution is 5.92. The van der Waals surface area contributed by atoms with Gasteiger partial charge in [0, 0.05) is 12.6 Å². The Morgan fingerprint density at radius 1 is 1.33 bits per heavy atom. The van der Waals surface area contributed by atoms with Gasteiger partial charge in [-0.05, 0) is 30.3 Å². The van der Waals surface area contributed by atoms with Gasteiger partial charge in [0.2, 0.25) is 0 Å². The fourth-order valence-electron chi connectivity index (χ4n) is 2.34. The number of carbonyl (C=O) groups is 1. The Morgan fingerprint density at radius 3 is 2.86 bits per heavy atom. The van der Waals surface area contributed by atoms with Crippen molar-refractivity contribution < 1.29 is 9.90 Å². The van der Waals surface area contributed by atoms with Crippen molar-refractivity contribution in [2.45, 2.75) is 19.9 Å². The second kappa shape index (κ2) is 5.32. The van der Waals surface area contributed by atoms with E-state index in [1.54, 1.807) is 24.4 Å². The van der Waals surface area contributed by atoms with Crippen molar-refractivity contribution in [3.63, 3.8) is 0 Å². The summed E-state index contributed by atoms with van der Waals surface area (Å²) < 4.78 is 2.05. The van der Waals surface area contributed by atoms with Crippen LogP contribution in [0.5, 0.6) is 0 Å². The van der Waals surface area contributed by atoms with E-state index in [1.165, 1.54) is 0 Å². The van der Waals surface area contributed by atoms with Crippen LogP contribution >= 0.6 is 0 Å². The van der Waals surface area contributed by atoms with E-state index in [9.17, 15) is 4.79 Å². The Kier molecular flexibility index (Phi) is 3.35. The lowest BCUT2D eigenvalue weighted by Gasteiger charge is -2.07. The molecule has 0 aliphatic rings. The normalized spacial score (nSPS) is 10.9. The molecule has 1 aromatic carbocycles. The number of hydrogen-bond donors (Lipinski definition) is 1. The second-order valence-corrected chi connectivity index (χ2v) is 4.69. The molecule has 2 heterocycles. The summed E-state index contributed by atoms with van der Waals surface area (Å²) in [5, 5.41) is 17.0. The van der Waals surface area contributed by atoms with E-state index in [1.807, 2.05) is 23.6 Å². The van der Waals surface area contributed by atoms with Crippen LogP contribution < -0.4 is 0 Å². The summed E-state index contributed by atoms with van der Waals surface area (Å²) in [5.41, 5.74) is 2.68. The van der Waals surface area contributed by atoms with Crippen molar-refractivity contribution in [2.24, 2.45) is 0 Å². The summed E-state index contributed by atoms with van der Waals surface area (Å²) >= 11 is 0. The van der Waals surface area contributed by atoms with E-state index in [-0.39, 0.29) is 5.56 Å². The average Bonchev–Trinajstić information content (AvgIpc) is 2.85. The van der Waals surface area contributed by atoms with Crippen LogP contribution in [0.1, 0.15) is 28.8 Å². The first-order chi connectivity index (χ1) is 10.2. The van der Waals surface area contributed by atoms with Crippen LogP contribution in [0.25, 0.3) is 11.0 Å². The molecule has 0 saturated heterocycles. The summed E-state index contributed by atoms with van der Waals surface area (Å²) in [5.74, 6) is -0.0448. The summed E-state index contributed by atoms with van der Waals surface area (Å²) in [6.45, 7) is 2.59. The molecule has 0 fully saturated rings. The molecule has 0 spiro atoms. The lowest BCUT2D eigenvalue weighted by Crippen LogP contribution is -2.06. The molecule has 0 saturated carbocycles. The van der Waals surface area contributed by atoms with Crippen LogP contribution in [0.2, 0.25) is 0 Å². The highest BCUT2D eigenvalue weighted by atomic mass is 16.4. The zero-order chi connectivity index (χ0) is 14.8. The van der Waals surface area contributed by atoms with E-state index < -0.39 is 5.97 Å². The molecule has 6 heteroatoms. The molecule has 0 aliphatic carbocycles. The molecule has 0 atom stereocenters. The number of hydrogen-bond acceptors (Lipinski definition) is 4. The first-order valence-corrected chi connectivity index (χ1v) is 6.68. The van der Waals surface area contributed by atoms with Gasteiger partial charge in [0.15, 0.2) is 0 Å². The molecule has 1 N–H and O–H groups in total. The van der Waals surface area contributed by atoms with Crippen LogP contribution in [-0.4, -0.2) is 30.8 Å². The number of rotatable bonds is 4. The Bertz CT molecular complexity index is 796. The highest BCUT2D eigenvalue weighted by Crippen LogP contribution is 2.19. The predicted molar refractivity (Wildman–Crippen MR) is 77.2 cm³/mol. The van der Waals surface area contributed by atoms with Crippen LogP contribution in [0.15, 0.2) is 36.5 Å². The quantitative estimate of drug-likeness (QED) is 0.792. The number of fused-ring (bicyclic) bond motifs is 1. The van der Waals surface area contributed by atoms with E-state index in [0.717, 1.165) is 23.5 Å². The van der Waals surface area contributed by atoms with Crippen molar-refractivity contribution in [1.29, 1.82) is 0 Å². The summed E-state index contributed by atoms with van der Waals surface area (Å²) in [6.07, 6.45) is 2.40. The molecule has 2 aromatic heterocycles. The minimum absolute atomic E-state index is 0.245. The van der Waals surface area contributed by atoms with Gasteiger partial charge >= 0.3 is 5.97 Å². The van der Waals surface area contributed by atoms with Crippen molar-refractivity contribution >= 4 is 17.0 Å². The zero-order valence-corrected chi connectivity index (χ0v) is 11.5. The largest absolute Gasteiger partial charge is 0.478 e. The predicted octanol–water partition coefficient (Wildman–Crippen LogP) is 2.14. The summed E-state index contributed by atoms with van der Waals surface area (Å²) in [4.78, 5) is 15.6. The third kappa shape index (κ3) is 2.47. The maximum Gasteiger partial charge on any atom is 0.335 e. The van der Waals surface area contributed by atoms with Crippen molar-refractivity contribution in [3.05, 3.63) is 53.6 Å². The molecule has 6 nitrogen and oxygen atoms in total. The number of aromatic carboxylic acids is 1. The highest BCUT2D eigenvalue weighted by Gasteiger charge is 2.12. The van der Waals surface area contributed by atoms with Crippen LogP contribution in [0.4, 0.5) is 0 Å². The van der Waals surface area contributed by atoms with Gasteiger partial charge in [-0.3, -0.25) is 0 Å². The number of carboxylic acids is 1. The van der Waals surface area contributed by atoms with Crippen molar-refractivity contribution in [3.8, 4) is 0 Å². The van der Waals surface area contributed by atoms with Crippen molar-refractivity contribution in [2.75, 3.05) is 0 Å². The minimum atomic E-state index is -0.946. The maximum absolute atomic E-state index is 11.0. The van der Waals surface area contributed by atoms with Gasteiger partial charge < -0.3 is 9.67 Å². The first kappa shape index (κ1) is 13.2. The summed E-state index contributed by atoms with van der Waals surface area (Å²) in [7, 11) is 0. The number of benzene rings is 1. The molecule has 3 rings (SSSR count). The molecule has 106 valence electrons. The number of carboxylic acid groups (broad SMARTS) is 1. The molecular weight excluding hydrogens is 268 g/mol. The molecule has 3 aromatic rings.